The molecule has 0 aliphatic carbocycles. The Balaban J connectivity index is 2.03. The Morgan fingerprint density at radius 2 is 2.00 bits per heavy atom. The van der Waals surface area contributed by atoms with Crippen LogP contribution in [0.1, 0.15) is 31.3 Å². The van der Waals surface area contributed by atoms with Crippen LogP contribution in [0.3, 0.4) is 0 Å². The summed E-state index contributed by atoms with van der Waals surface area (Å²) < 4.78 is 5.28. The van der Waals surface area contributed by atoms with Crippen LogP contribution in [0.15, 0.2) is 18.6 Å². The first-order valence-corrected chi connectivity index (χ1v) is 7.91. The molecule has 2 heterocycles. The molecule has 1 aliphatic heterocycles. The summed E-state index contributed by atoms with van der Waals surface area (Å²) >= 11 is 0. The highest BCUT2D eigenvalue weighted by molar-refractivity contribution is 5.95. The van der Waals surface area contributed by atoms with Crippen LogP contribution in [0.5, 0.6) is 0 Å². The molecule has 0 spiro atoms. The van der Waals surface area contributed by atoms with E-state index in [2.05, 4.69) is 9.97 Å². The van der Waals surface area contributed by atoms with Crippen LogP contribution in [-0.2, 0) is 9.53 Å². The maximum absolute atomic E-state index is 12.2. The predicted octanol–water partition coefficient (Wildman–Crippen LogP) is 0.665. The monoisotopic (exact) mass is 350 g/mol. The summed E-state index contributed by atoms with van der Waals surface area (Å²) in [7, 11) is 0. The summed E-state index contributed by atoms with van der Waals surface area (Å²) in [5, 5.41) is 9.46. The number of ether oxygens (including phenoxy) is 1. The molecule has 136 valence electrons. The predicted molar refractivity (Wildman–Crippen MR) is 87.2 cm³/mol. The first-order valence-electron chi connectivity index (χ1n) is 7.91. The molecule has 1 aliphatic rings. The molecular weight excluding hydrogens is 328 g/mol. The Labute approximate surface area is 145 Å². The second kappa shape index (κ2) is 7.56. The maximum Gasteiger partial charge on any atom is 0.410 e. The molecule has 0 unspecified atom stereocenters. The normalized spacial score (nSPS) is 18.7. The molecule has 2 rings (SSSR count). The quantitative estimate of drug-likeness (QED) is 0.788. The number of Topliss-reactive ketones (excluding diaryl/α,β-unsaturated/α-hetero) is 1. The van der Waals surface area contributed by atoms with Gasteiger partial charge in [0, 0.05) is 25.5 Å². The SMILES string of the molecule is CC(C)(C)OC(=O)N1CCN(CC(=O)c2cnccn2)[C@@H](C(=O)O)C1. The number of carboxylic acid groups (broad SMARTS) is 1. The fourth-order valence-corrected chi connectivity index (χ4v) is 2.44. The van der Waals surface area contributed by atoms with Crippen molar-refractivity contribution < 1.29 is 24.2 Å². The lowest BCUT2D eigenvalue weighted by Gasteiger charge is -2.39. The molecule has 0 bridgehead atoms. The van der Waals surface area contributed by atoms with Crippen LogP contribution < -0.4 is 0 Å². The van der Waals surface area contributed by atoms with Crippen LogP contribution >= 0.6 is 0 Å². The number of ketones is 1. The number of piperazine rings is 1. The van der Waals surface area contributed by atoms with Crippen molar-refractivity contribution in [2.75, 3.05) is 26.2 Å². The van der Waals surface area contributed by atoms with Gasteiger partial charge >= 0.3 is 12.1 Å². The first-order chi connectivity index (χ1) is 11.7. The molecule has 9 nitrogen and oxygen atoms in total. The molecule has 0 aromatic carbocycles. The molecule has 1 N–H and O–H groups in total. The Kier molecular flexibility index (Phi) is 5.68. The van der Waals surface area contributed by atoms with Crippen LogP contribution in [0, 0.1) is 0 Å². The van der Waals surface area contributed by atoms with Gasteiger partial charge in [0.1, 0.15) is 17.3 Å². The number of hydrogen-bond acceptors (Lipinski definition) is 7. The summed E-state index contributed by atoms with van der Waals surface area (Å²) in [5.41, 5.74) is -0.476. The van der Waals surface area contributed by atoms with Gasteiger partial charge in [-0.2, -0.15) is 0 Å². The zero-order valence-electron chi connectivity index (χ0n) is 14.5. The second-order valence-electron chi connectivity index (χ2n) is 6.76. The molecule has 1 aromatic rings. The fourth-order valence-electron chi connectivity index (χ4n) is 2.44. The summed E-state index contributed by atoms with van der Waals surface area (Å²) in [5.74, 6) is -1.41. The van der Waals surface area contributed by atoms with Crippen LogP contribution in [0.25, 0.3) is 0 Å². The van der Waals surface area contributed by atoms with Crippen molar-refractivity contribution in [3.05, 3.63) is 24.3 Å². The van der Waals surface area contributed by atoms with E-state index in [9.17, 15) is 19.5 Å². The zero-order valence-corrected chi connectivity index (χ0v) is 14.5. The van der Waals surface area contributed by atoms with E-state index < -0.39 is 23.7 Å². The van der Waals surface area contributed by atoms with E-state index in [1.165, 1.54) is 28.4 Å². The summed E-state index contributed by atoms with van der Waals surface area (Å²) in [4.78, 5) is 46.6. The van der Waals surface area contributed by atoms with Crippen LogP contribution in [0.4, 0.5) is 4.79 Å². The van der Waals surface area contributed by atoms with Crippen molar-refractivity contribution in [3.63, 3.8) is 0 Å². The highest BCUT2D eigenvalue weighted by atomic mass is 16.6. The summed E-state index contributed by atoms with van der Waals surface area (Å²) in [6.45, 7) is 5.63. The van der Waals surface area contributed by atoms with E-state index in [1.54, 1.807) is 20.8 Å². The molecule has 1 aromatic heterocycles. The largest absolute Gasteiger partial charge is 0.480 e. The molecule has 9 heteroatoms. The summed E-state index contributed by atoms with van der Waals surface area (Å²) in [6.07, 6.45) is 3.65. The van der Waals surface area contributed by atoms with Gasteiger partial charge in [-0.1, -0.05) is 0 Å². The molecule has 1 fully saturated rings. The third kappa shape index (κ3) is 5.21. The van der Waals surface area contributed by atoms with E-state index in [0.717, 1.165) is 0 Å². The Bertz CT molecular complexity index is 644. The topological polar surface area (TPSA) is 113 Å². The van der Waals surface area contributed by atoms with Crippen LogP contribution in [0.2, 0.25) is 0 Å². The molecule has 1 atom stereocenters. The van der Waals surface area contributed by atoms with Crippen molar-refractivity contribution in [2.24, 2.45) is 0 Å². The van der Waals surface area contributed by atoms with Crippen molar-refractivity contribution in [3.8, 4) is 0 Å². The second-order valence-corrected chi connectivity index (χ2v) is 6.76. The molecule has 1 saturated heterocycles. The minimum atomic E-state index is -1.10. The van der Waals surface area contributed by atoms with Gasteiger partial charge < -0.3 is 14.7 Å². The van der Waals surface area contributed by atoms with Gasteiger partial charge in [0.05, 0.1) is 19.3 Å². The molecule has 0 radical (unpaired) electrons. The number of nitrogens with zero attached hydrogens (tertiary/aromatic N) is 4. The average Bonchev–Trinajstić information content (AvgIpc) is 2.54. The van der Waals surface area contributed by atoms with Gasteiger partial charge in [-0.3, -0.25) is 19.5 Å². The minimum Gasteiger partial charge on any atom is -0.480 e. The van der Waals surface area contributed by atoms with E-state index in [1.807, 2.05) is 0 Å². The van der Waals surface area contributed by atoms with E-state index in [0.29, 0.717) is 0 Å². The number of rotatable bonds is 4. The van der Waals surface area contributed by atoms with E-state index in [-0.39, 0.29) is 37.7 Å². The smallest absolute Gasteiger partial charge is 0.410 e. The Morgan fingerprint density at radius 3 is 2.56 bits per heavy atom. The Hall–Kier alpha value is -2.55. The number of aliphatic carboxylic acids is 1. The van der Waals surface area contributed by atoms with Crippen molar-refractivity contribution in [1.82, 2.24) is 19.8 Å². The highest BCUT2D eigenvalue weighted by Crippen LogP contribution is 2.15. The molecule has 0 saturated carbocycles. The van der Waals surface area contributed by atoms with Gasteiger partial charge in [0.15, 0.2) is 5.78 Å². The zero-order chi connectivity index (χ0) is 18.6. The first kappa shape index (κ1) is 18.8. The number of carboxylic acids is 1. The number of hydrogen-bond donors (Lipinski definition) is 1. The fraction of sp³-hybridized carbons (Fsp3) is 0.562. The molecule has 25 heavy (non-hydrogen) atoms. The average molecular weight is 350 g/mol. The van der Waals surface area contributed by atoms with Gasteiger partial charge in [-0.15, -0.1) is 0 Å². The third-order valence-electron chi connectivity index (χ3n) is 3.62. The van der Waals surface area contributed by atoms with Crippen molar-refractivity contribution >= 4 is 17.8 Å². The number of amides is 1. The van der Waals surface area contributed by atoms with Crippen LogP contribution in [-0.4, -0.2) is 80.5 Å². The highest BCUT2D eigenvalue weighted by Gasteiger charge is 2.36. The maximum atomic E-state index is 12.2. The number of carbonyl (C=O) groups excluding carboxylic acids is 2. The van der Waals surface area contributed by atoms with Gasteiger partial charge in [0.25, 0.3) is 0 Å². The van der Waals surface area contributed by atoms with Gasteiger partial charge in [-0.25, -0.2) is 9.78 Å². The number of carbonyl (C=O) groups is 3. The summed E-state index contributed by atoms with van der Waals surface area (Å²) in [6, 6.07) is -0.984. The van der Waals surface area contributed by atoms with E-state index in [4.69, 9.17) is 4.74 Å². The van der Waals surface area contributed by atoms with Gasteiger partial charge in [0.2, 0.25) is 0 Å². The molecular formula is C16H22N4O5. The Morgan fingerprint density at radius 1 is 1.28 bits per heavy atom. The van der Waals surface area contributed by atoms with Crippen molar-refractivity contribution in [1.29, 1.82) is 0 Å². The number of aromatic nitrogens is 2. The minimum absolute atomic E-state index is 0.0437. The molecule has 1 amide bonds. The van der Waals surface area contributed by atoms with Crippen molar-refractivity contribution in [2.45, 2.75) is 32.4 Å². The lowest BCUT2D eigenvalue weighted by atomic mass is 10.1. The van der Waals surface area contributed by atoms with Gasteiger partial charge in [-0.05, 0) is 20.8 Å². The van der Waals surface area contributed by atoms with E-state index >= 15 is 0 Å². The standard InChI is InChI=1S/C16H22N4O5/c1-16(2,3)25-15(24)20-7-6-19(12(9-20)14(22)23)10-13(21)11-8-17-4-5-18-11/h4-5,8,12H,6-7,9-10H2,1-3H3,(H,22,23)/t12-/m1/s1. The third-order valence-corrected chi connectivity index (χ3v) is 3.62. The lowest BCUT2D eigenvalue weighted by molar-refractivity contribution is -0.145. The lowest BCUT2D eigenvalue weighted by Crippen LogP contribution is -2.59.